The average Bonchev–Trinajstić information content (AvgIpc) is 3.04. The van der Waals surface area contributed by atoms with Crippen LogP contribution in [0.15, 0.2) is 24.4 Å². The molecule has 0 saturated heterocycles. The number of aryl methyl sites for hydroxylation is 1. The molecule has 6 nitrogen and oxygen atoms in total. The lowest BCUT2D eigenvalue weighted by molar-refractivity contribution is -0.136. The van der Waals surface area contributed by atoms with E-state index in [9.17, 15) is 4.79 Å². The topological polar surface area (TPSA) is 84.4 Å². The molecule has 2 aromatic rings. The Morgan fingerprint density at radius 3 is 3.05 bits per heavy atom. The van der Waals surface area contributed by atoms with E-state index in [0.29, 0.717) is 12.2 Å². The highest BCUT2D eigenvalue weighted by molar-refractivity contribution is 5.70. The van der Waals surface area contributed by atoms with E-state index in [1.165, 1.54) is 0 Å². The van der Waals surface area contributed by atoms with Gasteiger partial charge in [0.05, 0.1) is 11.9 Å². The number of aromatic amines is 1. The Balaban J connectivity index is 1.90. The Bertz CT molecular complexity index is 621. The zero-order valence-electron chi connectivity index (χ0n) is 10.0. The second kappa shape index (κ2) is 4.64. The molecule has 0 saturated carbocycles. The third-order valence-electron chi connectivity index (χ3n) is 2.99. The Hall–Kier alpha value is -2.50. The lowest BCUT2D eigenvalue weighted by Gasteiger charge is -2.03. The number of hydrogen-bond donors (Lipinski definition) is 2. The van der Waals surface area contributed by atoms with Crippen molar-refractivity contribution in [2.45, 2.75) is 12.8 Å². The summed E-state index contributed by atoms with van der Waals surface area (Å²) in [6, 6.07) is 5.59. The number of carboxylic acids is 1. The Kier molecular flexibility index (Phi) is 2.83. The predicted octanol–water partition coefficient (Wildman–Crippen LogP) is 1.82. The maximum absolute atomic E-state index is 10.6. The molecule has 1 aliphatic heterocycles. The number of ether oxygens (including phenoxy) is 2. The number of carboxylic acid groups (broad SMARTS) is 1. The minimum absolute atomic E-state index is 0.0804. The minimum atomic E-state index is -0.821. The van der Waals surface area contributed by atoms with E-state index < -0.39 is 5.97 Å². The van der Waals surface area contributed by atoms with Gasteiger partial charge in [0.2, 0.25) is 6.79 Å². The first kappa shape index (κ1) is 11.6. The van der Waals surface area contributed by atoms with Crippen molar-refractivity contribution in [3.05, 3.63) is 30.0 Å². The lowest BCUT2D eigenvalue weighted by Crippen LogP contribution is -1.97. The molecule has 1 aromatic heterocycles. The third-order valence-corrected chi connectivity index (χ3v) is 2.99. The molecule has 0 aliphatic carbocycles. The summed E-state index contributed by atoms with van der Waals surface area (Å²) in [4.78, 5) is 10.6. The molecule has 2 heterocycles. The van der Waals surface area contributed by atoms with Gasteiger partial charge in [-0.2, -0.15) is 5.10 Å². The van der Waals surface area contributed by atoms with Crippen LogP contribution in [-0.2, 0) is 11.2 Å². The molecule has 0 radical (unpaired) electrons. The van der Waals surface area contributed by atoms with Gasteiger partial charge in [0, 0.05) is 12.0 Å². The summed E-state index contributed by atoms with van der Waals surface area (Å²) in [6.45, 7) is 0.230. The van der Waals surface area contributed by atoms with E-state index in [1.807, 2.05) is 18.2 Å². The van der Waals surface area contributed by atoms with Gasteiger partial charge >= 0.3 is 5.97 Å². The standard InChI is InChI=1S/C13H12N2O4/c16-12(17)4-2-9-6-14-15-13(9)8-1-3-10-11(5-8)19-7-18-10/h1,3,5-6H,2,4,7H2,(H,14,15)(H,16,17). The quantitative estimate of drug-likeness (QED) is 0.876. The number of carbonyl (C=O) groups is 1. The van der Waals surface area contributed by atoms with Crippen molar-refractivity contribution in [1.29, 1.82) is 0 Å². The zero-order valence-corrected chi connectivity index (χ0v) is 10.0. The molecule has 0 fully saturated rings. The second-order valence-corrected chi connectivity index (χ2v) is 4.23. The summed E-state index contributed by atoms with van der Waals surface area (Å²) < 4.78 is 10.6. The van der Waals surface area contributed by atoms with Crippen molar-refractivity contribution in [1.82, 2.24) is 10.2 Å². The maximum atomic E-state index is 10.6. The number of benzene rings is 1. The summed E-state index contributed by atoms with van der Waals surface area (Å²) in [7, 11) is 0. The van der Waals surface area contributed by atoms with E-state index in [-0.39, 0.29) is 13.2 Å². The predicted molar refractivity (Wildman–Crippen MR) is 66.1 cm³/mol. The summed E-state index contributed by atoms with van der Waals surface area (Å²) in [6.07, 6.45) is 2.18. The van der Waals surface area contributed by atoms with E-state index in [0.717, 1.165) is 22.6 Å². The van der Waals surface area contributed by atoms with Crippen LogP contribution in [0, 0.1) is 0 Å². The van der Waals surface area contributed by atoms with Crippen LogP contribution in [-0.4, -0.2) is 28.1 Å². The molecular formula is C13H12N2O4. The largest absolute Gasteiger partial charge is 0.481 e. The van der Waals surface area contributed by atoms with Gasteiger partial charge in [0.15, 0.2) is 11.5 Å². The Labute approximate surface area is 109 Å². The van der Waals surface area contributed by atoms with Gasteiger partial charge in [0.25, 0.3) is 0 Å². The second-order valence-electron chi connectivity index (χ2n) is 4.23. The van der Waals surface area contributed by atoms with Crippen LogP contribution in [0.2, 0.25) is 0 Å². The summed E-state index contributed by atoms with van der Waals surface area (Å²) >= 11 is 0. The Morgan fingerprint density at radius 1 is 1.37 bits per heavy atom. The molecule has 3 rings (SSSR count). The van der Waals surface area contributed by atoms with Crippen LogP contribution < -0.4 is 9.47 Å². The molecule has 1 aromatic carbocycles. The summed E-state index contributed by atoms with van der Waals surface area (Å²) in [5, 5.41) is 15.6. The highest BCUT2D eigenvalue weighted by atomic mass is 16.7. The number of fused-ring (bicyclic) bond motifs is 1. The first-order valence-corrected chi connectivity index (χ1v) is 5.88. The number of hydrogen-bond acceptors (Lipinski definition) is 4. The van der Waals surface area contributed by atoms with E-state index in [4.69, 9.17) is 14.6 Å². The zero-order chi connectivity index (χ0) is 13.2. The molecule has 0 atom stereocenters. The van der Waals surface area contributed by atoms with E-state index in [1.54, 1.807) is 6.20 Å². The first-order valence-electron chi connectivity index (χ1n) is 5.88. The van der Waals surface area contributed by atoms with Gasteiger partial charge in [-0.15, -0.1) is 0 Å². The number of rotatable bonds is 4. The highest BCUT2D eigenvalue weighted by Crippen LogP contribution is 2.36. The molecule has 0 spiro atoms. The lowest BCUT2D eigenvalue weighted by atomic mass is 10.0. The molecule has 1 aliphatic rings. The minimum Gasteiger partial charge on any atom is -0.481 e. The van der Waals surface area contributed by atoms with Crippen molar-refractivity contribution >= 4 is 5.97 Å². The van der Waals surface area contributed by atoms with Gasteiger partial charge in [-0.1, -0.05) is 0 Å². The fourth-order valence-electron chi connectivity index (χ4n) is 2.04. The van der Waals surface area contributed by atoms with Crippen molar-refractivity contribution < 1.29 is 19.4 Å². The van der Waals surface area contributed by atoms with Crippen LogP contribution >= 0.6 is 0 Å². The average molecular weight is 260 g/mol. The van der Waals surface area contributed by atoms with Crippen LogP contribution in [0.3, 0.4) is 0 Å². The van der Waals surface area contributed by atoms with Gasteiger partial charge < -0.3 is 14.6 Å². The van der Waals surface area contributed by atoms with Crippen molar-refractivity contribution in [3.63, 3.8) is 0 Å². The maximum Gasteiger partial charge on any atom is 0.303 e. The number of H-pyrrole nitrogens is 1. The van der Waals surface area contributed by atoms with Crippen molar-refractivity contribution in [2.75, 3.05) is 6.79 Å². The molecule has 2 N–H and O–H groups in total. The molecule has 0 amide bonds. The van der Waals surface area contributed by atoms with Crippen LogP contribution in [0.5, 0.6) is 11.5 Å². The van der Waals surface area contributed by atoms with Crippen molar-refractivity contribution in [3.8, 4) is 22.8 Å². The normalized spacial score (nSPS) is 12.6. The van der Waals surface area contributed by atoms with Gasteiger partial charge in [-0.3, -0.25) is 9.89 Å². The van der Waals surface area contributed by atoms with Gasteiger partial charge in [-0.25, -0.2) is 0 Å². The van der Waals surface area contributed by atoms with Crippen LogP contribution in [0.25, 0.3) is 11.3 Å². The van der Waals surface area contributed by atoms with Gasteiger partial charge in [0.1, 0.15) is 0 Å². The highest BCUT2D eigenvalue weighted by Gasteiger charge is 2.16. The van der Waals surface area contributed by atoms with Crippen LogP contribution in [0.1, 0.15) is 12.0 Å². The summed E-state index contributed by atoms with van der Waals surface area (Å²) in [5.41, 5.74) is 2.60. The molecule has 6 heteroatoms. The number of nitrogens with one attached hydrogen (secondary N) is 1. The third kappa shape index (κ3) is 2.24. The molecule has 19 heavy (non-hydrogen) atoms. The fraction of sp³-hybridized carbons (Fsp3) is 0.231. The first-order chi connectivity index (χ1) is 9.24. The molecule has 0 unspecified atom stereocenters. The smallest absolute Gasteiger partial charge is 0.303 e. The van der Waals surface area contributed by atoms with Crippen LogP contribution in [0.4, 0.5) is 0 Å². The van der Waals surface area contributed by atoms with Gasteiger partial charge in [-0.05, 0) is 30.2 Å². The number of nitrogens with zero attached hydrogens (tertiary/aromatic N) is 1. The van der Waals surface area contributed by atoms with E-state index >= 15 is 0 Å². The Morgan fingerprint density at radius 2 is 2.21 bits per heavy atom. The van der Waals surface area contributed by atoms with Crippen molar-refractivity contribution in [2.24, 2.45) is 0 Å². The fourth-order valence-corrected chi connectivity index (χ4v) is 2.04. The monoisotopic (exact) mass is 260 g/mol. The number of aromatic nitrogens is 2. The molecule has 98 valence electrons. The number of aliphatic carboxylic acids is 1. The SMILES string of the molecule is O=C(O)CCc1cn[nH]c1-c1ccc2c(c1)OCO2. The molecular weight excluding hydrogens is 248 g/mol. The molecule has 0 bridgehead atoms. The summed E-state index contributed by atoms with van der Waals surface area (Å²) in [5.74, 6) is 0.587. The van der Waals surface area contributed by atoms with E-state index in [2.05, 4.69) is 10.2 Å².